The first-order valence-corrected chi connectivity index (χ1v) is 9.87. The largest absolute Gasteiger partial charge is 0.493 e. The molecule has 8 heteroatoms. The minimum atomic E-state index is -0.711. The van der Waals surface area contributed by atoms with Crippen LogP contribution < -0.4 is 14.4 Å². The van der Waals surface area contributed by atoms with E-state index in [9.17, 15) is 14.4 Å². The lowest BCUT2D eigenvalue weighted by molar-refractivity contribution is -0.139. The van der Waals surface area contributed by atoms with Gasteiger partial charge in [-0.25, -0.2) is 9.59 Å². The lowest BCUT2D eigenvalue weighted by Gasteiger charge is -2.23. The molecular weight excluding hydrogens is 426 g/mol. The van der Waals surface area contributed by atoms with Crippen LogP contribution in [0.4, 0.5) is 5.69 Å². The molecule has 170 valence electrons. The van der Waals surface area contributed by atoms with Crippen molar-refractivity contribution in [2.45, 2.75) is 0 Å². The number of carbonyl (C=O) groups excluding carboxylic acids is 3. The first kappa shape index (κ1) is 23.3. The van der Waals surface area contributed by atoms with Crippen LogP contribution in [0.1, 0.15) is 15.9 Å². The van der Waals surface area contributed by atoms with Crippen LogP contribution in [0.3, 0.4) is 0 Å². The Hall–Kier alpha value is -4.33. The molecule has 0 saturated heterocycles. The van der Waals surface area contributed by atoms with Crippen molar-refractivity contribution >= 4 is 23.4 Å². The average molecular weight is 449 g/mol. The predicted molar refractivity (Wildman–Crippen MR) is 121 cm³/mol. The Morgan fingerprint density at radius 3 is 1.97 bits per heavy atom. The molecule has 0 spiro atoms. The molecule has 2 aromatic rings. The molecule has 0 fully saturated rings. The second-order valence-corrected chi connectivity index (χ2v) is 6.76. The molecule has 1 aliphatic rings. The zero-order chi connectivity index (χ0) is 24.0. The van der Waals surface area contributed by atoms with Gasteiger partial charge < -0.3 is 23.8 Å². The fourth-order valence-electron chi connectivity index (χ4n) is 3.28. The normalized spacial score (nSPS) is 12.8. The van der Waals surface area contributed by atoms with Crippen molar-refractivity contribution in [2.24, 2.45) is 0 Å². The average Bonchev–Trinajstić information content (AvgIpc) is 3.10. The van der Waals surface area contributed by atoms with Gasteiger partial charge in [0.1, 0.15) is 5.70 Å². The second kappa shape index (κ2) is 10.3. The summed E-state index contributed by atoms with van der Waals surface area (Å²) in [5.41, 5.74) is 1.44. The highest BCUT2D eigenvalue weighted by atomic mass is 16.5. The van der Waals surface area contributed by atoms with Crippen LogP contribution in [0.15, 0.2) is 78.2 Å². The molecule has 0 radical (unpaired) electrons. The fourth-order valence-corrected chi connectivity index (χ4v) is 3.28. The monoisotopic (exact) mass is 449 g/mol. The van der Waals surface area contributed by atoms with Gasteiger partial charge in [-0.2, -0.15) is 0 Å². The number of benzene rings is 2. The summed E-state index contributed by atoms with van der Waals surface area (Å²) < 4.78 is 20.2. The highest BCUT2D eigenvalue weighted by Gasteiger charge is 2.27. The minimum absolute atomic E-state index is 0.00619. The Bertz CT molecular complexity index is 1160. The van der Waals surface area contributed by atoms with Gasteiger partial charge in [-0.3, -0.25) is 4.79 Å². The molecule has 0 atom stereocenters. The van der Waals surface area contributed by atoms with E-state index in [4.69, 9.17) is 18.9 Å². The molecule has 3 rings (SSSR count). The van der Waals surface area contributed by atoms with Crippen LogP contribution in [-0.4, -0.2) is 46.2 Å². The predicted octanol–water partition coefficient (Wildman–Crippen LogP) is 3.42. The van der Waals surface area contributed by atoms with Gasteiger partial charge in [-0.15, -0.1) is 0 Å². The van der Waals surface area contributed by atoms with Gasteiger partial charge in [0.2, 0.25) is 0 Å². The van der Waals surface area contributed by atoms with Crippen LogP contribution in [0, 0.1) is 0 Å². The van der Waals surface area contributed by atoms with Crippen LogP contribution in [0.25, 0.3) is 0 Å². The molecule has 0 aliphatic carbocycles. The molecule has 1 heterocycles. The lowest BCUT2D eigenvalue weighted by atomic mass is 10.0. The molecular formula is C25H23NO7. The van der Waals surface area contributed by atoms with Gasteiger partial charge in [-0.05, 0) is 54.6 Å². The van der Waals surface area contributed by atoms with Gasteiger partial charge in [-0.1, -0.05) is 6.08 Å². The summed E-state index contributed by atoms with van der Waals surface area (Å²) in [6, 6.07) is 11.5. The number of methoxy groups -OCH3 is 4. The highest BCUT2D eigenvalue weighted by molar-refractivity contribution is 6.10. The smallest absolute Gasteiger partial charge is 0.355 e. The van der Waals surface area contributed by atoms with Crippen molar-refractivity contribution in [3.63, 3.8) is 0 Å². The summed E-state index contributed by atoms with van der Waals surface area (Å²) in [5, 5.41) is 0. The molecule has 0 amide bonds. The van der Waals surface area contributed by atoms with Gasteiger partial charge in [0, 0.05) is 23.0 Å². The number of esters is 2. The quantitative estimate of drug-likeness (QED) is 0.469. The van der Waals surface area contributed by atoms with Crippen molar-refractivity contribution < 1.29 is 33.3 Å². The fraction of sp³-hybridized carbons (Fsp3) is 0.160. The molecule has 33 heavy (non-hydrogen) atoms. The SMILES string of the molecule is COC(=O)C1=C(C(=O)OC)N(c2ccc(C(=O)c3ccc(OC)c(OC)c3)cc2)C=CC=C1. The molecule has 0 bridgehead atoms. The molecule has 0 unspecified atom stereocenters. The summed E-state index contributed by atoms with van der Waals surface area (Å²) in [5.74, 6) is -0.632. The number of nitrogens with zero attached hydrogens (tertiary/aromatic N) is 1. The zero-order valence-electron chi connectivity index (χ0n) is 18.7. The number of hydrogen-bond donors (Lipinski definition) is 0. The number of rotatable bonds is 7. The standard InChI is InChI=1S/C25H23NO7/c1-30-20-13-10-17(15-21(20)31-2)23(27)16-8-11-18(12-9-16)26-14-6-5-7-19(24(28)32-3)22(26)25(29)33-4/h5-15H,1-4H3. The van der Waals surface area contributed by atoms with Crippen molar-refractivity contribution in [2.75, 3.05) is 33.3 Å². The van der Waals surface area contributed by atoms with Gasteiger partial charge in [0.25, 0.3) is 0 Å². The number of allylic oxidation sites excluding steroid dienone is 2. The minimum Gasteiger partial charge on any atom is -0.493 e. The number of ether oxygens (including phenoxy) is 4. The van der Waals surface area contributed by atoms with Crippen molar-refractivity contribution in [1.29, 1.82) is 0 Å². The van der Waals surface area contributed by atoms with Crippen molar-refractivity contribution in [3.8, 4) is 11.5 Å². The molecule has 0 aromatic heterocycles. The Morgan fingerprint density at radius 1 is 0.727 bits per heavy atom. The van der Waals surface area contributed by atoms with Crippen LogP contribution in [-0.2, 0) is 19.1 Å². The van der Waals surface area contributed by atoms with Gasteiger partial charge in [0.15, 0.2) is 17.3 Å². The number of ketones is 1. The summed E-state index contributed by atoms with van der Waals surface area (Å²) in [4.78, 5) is 39.3. The van der Waals surface area contributed by atoms with E-state index in [0.29, 0.717) is 28.3 Å². The van der Waals surface area contributed by atoms with E-state index in [2.05, 4.69) is 0 Å². The second-order valence-electron chi connectivity index (χ2n) is 6.76. The number of carbonyl (C=O) groups is 3. The van der Waals surface area contributed by atoms with E-state index < -0.39 is 11.9 Å². The Kier molecular flexibility index (Phi) is 7.30. The topological polar surface area (TPSA) is 91.4 Å². The maximum absolute atomic E-state index is 13.0. The summed E-state index contributed by atoms with van der Waals surface area (Å²) in [7, 11) is 5.48. The first-order valence-electron chi connectivity index (χ1n) is 9.87. The van der Waals surface area contributed by atoms with E-state index in [1.807, 2.05) is 0 Å². The van der Waals surface area contributed by atoms with E-state index >= 15 is 0 Å². The van der Waals surface area contributed by atoms with Gasteiger partial charge >= 0.3 is 11.9 Å². The number of hydrogen-bond acceptors (Lipinski definition) is 8. The molecule has 8 nitrogen and oxygen atoms in total. The maximum atomic E-state index is 13.0. The van der Waals surface area contributed by atoms with E-state index in [0.717, 1.165) is 0 Å². The summed E-state index contributed by atoms with van der Waals surface area (Å²) >= 11 is 0. The third-order valence-corrected chi connectivity index (χ3v) is 4.94. The Balaban J connectivity index is 1.98. The van der Waals surface area contributed by atoms with Gasteiger partial charge in [0.05, 0.1) is 34.0 Å². The van der Waals surface area contributed by atoms with Crippen LogP contribution in [0.5, 0.6) is 11.5 Å². The van der Waals surface area contributed by atoms with E-state index in [1.54, 1.807) is 60.8 Å². The summed E-state index contributed by atoms with van der Waals surface area (Å²) in [6.45, 7) is 0. The highest BCUT2D eigenvalue weighted by Crippen LogP contribution is 2.30. The lowest BCUT2D eigenvalue weighted by Crippen LogP contribution is -2.27. The van der Waals surface area contributed by atoms with Crippen molar-refractivity contribution in [3.05, 3.63) is 89.3 Å². The molecule has 0 saturated carbocycles. The Morgan fingerprint density at radius 2 is 1.36 bits per heavy atom. The number of anilines is 1. The van der Waals surface area contributed by atoms with Crippen LogP contribution >= 0.6 is 0 Å². The van der Waals surface area contributed by atoms with Crippen LogP contribution in [0.2, 0.25) is 0 Å². The molecule has 2 aromatic carbocycles. The Labute approximate surface area is 191 Å². The van der Waals surface area contributed by atoms with E-state index in [-0.39, 0.29) is 17.1 Å². The summed E-state index contributed by atoms with van der Waals surface area (Å²) in [6.07, 6.45) is 6.37. The maximum Gasteiger partial charge on any atom is 0.355 e. The molecule has 1 aliphatic heterocycles. The third-order valence-electron chi connectivity index (χ3n) is 4.94. The molecule has 0 N–H and O–H groups in total. The zero-order valence-corrected chi connectivity index (χ0v) is 18.7. The first-order chi connectivity index (χ1) is 15.9. The van der Waals surface area contributed by atoms with Crippen molar-refractivity contribution in [1.82, 2.24) is 0 Å². The van der Waals surface area contributed by atoms with E-state index in [1.165, 1.54) is 39.4 Å². The third kappa shape index (κ3) is 4.79.